The van der Waals surface area contributed by atoms with Gasteiger partial charge < -0.3 is 5.11 Å². The van der Waals surface area contributed by atoms with E-state index in [0.717, 1.165) is 40.8 Å². The lowest BCUT2D eigenvalue weighted by atomic mass is 10.0. The van der Waals surface area contributed by atoms with Gasteiger partial charge in [0.25, 0.3) is 5.56 Å². The quantitative estimate of drug-likeness (QED) is 0.673. The Labute approximate surface area is 169 Å². The molecule has 0 aliphatic carbocycles. The van der Waals surface area contributed by atoms with E-state index >= 15 is 0 Å². The molecule has 3 aromatic rings. The maximum absolute atomic E-state index is 12.4. The first kappa shape index (κ1) is 18.6. The first-order chi connectivity index (χ1) is 13.5. The number of hydrogen-bond acceptors (Lipinski definition) is 4. The van der Waals surface area contributed by atoms with Crippen molar-refractivity contribution in [2.45, 2.75) is 13.0 Å². The van der Waals surface area contributed by atoms with Crippen LogP contribution in [-0.4, -0.2) is 38.4 Å². The second-order valence-corrected chi connectivity index (χ2v) is 7.55. The molecule has 4 rings (SSSR count). The summed E-state index contributed by atoms with van der Waals surface area (Å²) in [7, 11) is 0. The summed E-state index contributed by atoms with van der Waals surface area (Å²) < 4.78 is 2.39. The highest BCUT2D eigenvalue weighted by atomic mass is 79.9. The topological polar surface area (TPSA) is 74.9 Å². The predicted octanol–water partition coefficient (Wildman–Crippen LogP) is 3.44. The summed E-state index contributed by atoms with van der Waals surface area (Å²) >= 11 is 3.55. The molecule has 0 bridgehead atoms. The van der Waals surface area contributed by atoms with Gasteiger partial charge in [-0.05, 0) is 63.8 Å². The van der Waals surface area contributed by atoms with Crippen molar-refractivity contribution in [3.8, 4) is 0 Å². The van der Waals surface area contributed by atoms with Crippen molar-refractivity contribution in [3.05, 3.63) is 86.5 Å². The SMILES string of the molecule is O=C(O)c1cc(CN2CC=C(c3ncccc3Br)CC2)c2ccccn2c1=O. The second kappa shape index (κ2) is 7.69. The Bertz CT molecular complexity index is 1150. The van der Waals surface area contributed by atoms with E-state index in [0.29, 0.717) is 6.54 Å². The molecular formula is C21H18BrN3O3. The lowest BCUT2D eigenvalue weighted by molar-refractivity contribution is 0.0694. The van der Waals surface area contributed by atoms with Gasteiger partial charge in [-0.25, -0.2) is 4.79 Å². The Balaban J connectivity index is 1.63. The minimum atomic E-state index is -1.20. The highest BCUT2D eigenvalue weighted by Gasteiger charge is 2.19. The zero-order valence-corrected chi connectivity index (χ0v) is 16.6. The van der Waals surface area contributed by atoms with Gasteiger partial charge in [0.2, 0.25) is 0 Å². The molecule has 28 heavy (non-hydrogen) atoms. The number of carboxylic acid groups (broad SMARTS) is 1. The van der Waals surface area contributed by atoms with Gasteiger partial charge in [-0.1, -0.05) is 12.1 Å². The van der Waals surface area contributed by atoms with Gasteiger partial charge in [0.1, 0.15) is 5.56 Å². The molecule has 0 radical (unpaired) electrons. The normalized spacial score (nSPS) is 14.8. The molecule has 1 aliphatic rings. The van der Waals surface area contributed by atoms with Crippen molar-refractivity contribution in [1.29, 1.82) is 0 Å². The number of aromatic carboxylic acids is 1. The smallest absolute Gasteiger partial charge is 0.341 e. The third kappa shape index (κ3) is 3.50. The predicted molar refractivity (Wildman–Crippen MR) is 110 cm³/mol. The number of hydrogen-bond donors (Lipinski definition) is 1. The van der Waals surface area contributed by atoms with Crippen LogP contribution in [0.1, 0.15) is 28.0 Å². The van der Waals surface area contributed by atoms with Crippen LogP contribution in [0.5, 0.6) is 0 Å². The third-order valence-corrected chi connectivity index (χ3v) is 5.58. The van der Waals surface area contributed by atoms with Gasteiger partial charge in [-0.15, -0.1) is 0 Å². The monoisotopic (exact) mass is 439 g/mol. The molecule has 1 N–H and O–H groups in total. The molecule has 0 amide bonds. The molecule has 0 atom stereocenters. The van der Waals surface area contributed by atoms with E-state index in [4.69, 9.17) is 0 Å². The lowest BCUT2D eigenvalue weighted by Crippen LogP contribution is -2.30. The fraction of sp³-hybridized carbons (Fsp3) is 0.190. The minimum Gasteiger partial charge on any atom is -0.477 e. The maximum atomic E-state index is 12.4. The summed E-state index contributed by atoms with van der Waals surface area (Å²) in [6.45, 7) is 2.13. The largest absolute Gasteiger partial charge is 0.477 e. The van der Waals surface area contributed by atoms with Crippen LogP contribution in [0.4, 0.5) is 0 Å². The van der Waals surface area contributed by atoms with Crippen LogP contribution in [0.3, 0.4) is 0 Å². The summed E-state index contributed by atoms with van der Waals surface area (Å²) in [6, 6.07) is 10.8. The zero-order valence-electron chi connectivity index (χ0n) is 15.0. The van der Waals surface area contributed by atoms with E-state index in [9.17, 15) is 14.7 Å². The Hall–Kier alpha value is -2.77. The molecule has 7 heteroatoms. The van der Waals surface area contributed by atoms with Crippen LogP contribution in [0.25, 0.3) is 11.1 Å². The van der Waals surface area contributed by atoms with Crippen molar-refractivity contribution in [2.24, 2.45) is 0 Å². The summed E-state index contributed by atoms with van der Waals surface area (Å²) in [5, 5.41) is 9.39. The lowest BCUT2D eigenvalue weighted by Gasteiger charge is -2.27. The molecule has 0 saturated carbocycles. The average molecular weight is 440 g/mol. The second-order valence-electron chi connectivity index (χ2n) is 6.70. The molecule has 4 heterocycles. The van der Waals surface area contributed by atoms with Crippen LogP contribution >= 0.6 is 15.9 Å². The van der Waals surface area contributed by atoms with Gasteiger partial charge in [0.15, 0.2) is 0 Å². The molecule has 0 spiro atoms. The highest BCUT2D eigenvalue weighted by Crippen LogP contribution is 2.27. The fourth-order valence-corrected chi connectivity index (χ4v) is 4.04. The van der Waals surface area contributed by atoms with E-state index in [1.807, 2.05) is 24.3 Å². The molecule has 6 nitrogen and oxygen atoms in total. The number of carboxylic acids is 1. The van der Waals surface area contributed by atoms with Crippen molar-refractivity contribution in [1.82, 2.24) is 14.3 Å². The van der Waals surface area contributed by atoms with Crippen molar-refractivity contribution in [3.63, 3.8) is 0 Å². The van der Waals surface area contributed by atoms with Gasteiger partial charge >= 0.3 is 5.97 Å². The fourth-order valence-electron chi connectivity index (χ4n) is 3.53. The third-order valence-electron chi connectivity index (χ3n) is 4.94. The Morgan fingerprint density at radius 3 is 2.82 bits per heavy atom. The van der Waals surface area contributed by atoms with Crippen molar-refractivity contribution >= 4 is 33.0 Å². The summed E-state index contributed by atoms with van der Waals surface area (Å²) in [5.41, 5.74) is 3.02. The van der Waals surface area contributed by atoms with Gasteiger partial charge in [-0.2, -0.15) is 0 Å². The first-order valence-electron chi connectivity index (χ1n) is 8.93. The molecule has 0 unspecified atom stereocenters. The molecule has 0 aromatic carbocycles. The minimum absolute atomic E-state index is 0.204. The Morgan fingerprint density at radius 1 is 1.25 bits per heavy atom. The van der Waals surface area contributed by atoms with E-state index < -0.39 is 11.5 Å². The number of fused-ring (bicyclic) bond motifs is 1. The van der Waals surface area contributed by atoms with Crippen molar-refractivity contribution in [2.75, 3.05) is 13.1 Å². The van der Waals surface area contributed by atoms with Crippen LogP contribution in [0, 0.1) is 0 Å². The summed E-state index contributed by atoms with van der Waals surface area (Å²) in [6.07, 6.45) is 6.41. The Morgan fingerprint density at radius 2 is 2.11 bits per heavy atom. The molecule has 0 saturated heterocycles. The van der Waals surface area contributed by atoms with Crippen LogP contribution < -0.4 is 5.56 Å². The number of aromatic nitrogens is 2. The van der Waals surface area contributed by atoms with Gasteiger partial charge in [0.05, 0.1) is 11.2 Å². The average Bonchev–Trinajstić information content (AvgIpc) is 2.71. The molecule has 3 aromatic heterocycles. The first-order valence-corrected chi connectivity index (χ1v) is 9.73. The number of pyridine rings is 3. The van der Waals surface area contributed by atoms with E-state index in [2.05, 4.69) is 31.9 Å². The van der Waals surface area contributed by atoms with Gasteiger partial charge in [0, 0.05) is 36.5 Å². The molecule has 0 fully saturated rings. The van der Waals surface area contributed by atoms with E-state index in [1.165, 1.54) is 16.0 Å². The standard InChI is InChI=1S/C21H18BrN3O3/c22-17-4-3-8-23-19(17)14-6-10-24(11-7-14)13-15-12-16(21(27)28)20(26)25-9-2-1-5-18(15)25/h1-6,8-9,12H,7,10-11,13H2,(H,27,28). The number of nitrogens with zero attached hydrogens (tertiary/aromatic N) is 3. The van der Waals surface area contributed by atoms with Crippen LogP contribution in [0.2, 0.25) is 0 Å². The summed E-state index contributed by atoms with van der Waals surface area (Å²) in [4.78, 5) is 30.6. The number of halogens is 1. The highest BCUT2D eigenvalue weighted by molar-refractivity contribution is 9.10. The maximum Gasteiger partial charge on any atom is 0.341 e. The molecule has 1 aliphatic heterocycles. The number of carbonyl (C=O) groups is 1. The van der Waals surface area contributed by atoms with Crippen LogP contribution in [-0.2, 0) is 6.54 Å². The zero-order chi connectivity index (χ0) is 19.7. The molecular weight excluding hydrogens is 422 g/mol. The van der Waals surface area contributed by atoms with Gasteiger partial charge in [-0.3, -0.25) is 19.1 Å². The summed E-state index contributed by atoms with van der Waals surface area (Å²) in [5.74, 6) is -1.20. The molecule has 142 valence electrons. The van der Waals surface area contributed by atoms with Crippen molar-refractivity contribution < 1.29 is 9.90 Å². The van der Waals surface area contributed by atoms with E-state index in [1.54, 1.807) is 18.5 Å². The Kier molecular flexibility index (Phi) is 5.11. The van der Waals surface area contributed by atoms with E-state index in [-0.39, 0.29) is 5.56 Å². The number of rotatable bonds is 4. The van der Waals surface area contributed by atoms with Crippen LogP contribution in [0.15, 0.2) is 64.1 Å².